The second kappa shape index (κ2) is 9.94. The summed E-state index contributed by atoms with van der Waals surface area (Å²) in [7, 11) is 3.78. The highest BCUT2D eigenvalue weighted by Gasteiger charge is 2.35. The predicted molar refractivity (Wildman–Crippen MR) is 118 cm³/mol. The lowest BCUT2D eigenvalue weighted by atomic mass is 9.79. The van der Waals surface area contributed by atoms with Gasteiger partial charge in [-0.05, 0) is 30.4 Å². The summed E-state index contributed by atoms with van der Waals surface area (Å²) in [6.07, 6.45) is 10.0. The second-order valence-electron chi connectivity index (χ2n) is 6.98. The first-order valence-corrected chi connectivity index (χ1v) is 9.19. The minimum atomic E-state index is 0. The summed E-state index contributed by atoms with van der Waals surface area (Å²) in [5, 5.41) is 11.2. The van der Waals surface area contributed by atoms with E-state index >= 15 is 0 Å². The number of aromatic nitrogens is 2. The number of aliphatic imine (C=N–C) groups is 1. The lowest BCUT2D eigenvalue weighted by Crippen LogP contribution is -2.45. The zero-order valence-corrected chi connectivity index (χ0v) is 18.1. The molecule has 6 heteroatoms. The maximum atomic E-state index is 4.38. The van der Waals surface area contributed by atoms with Crippen LogP contribution in [0.3, 0.4) is 0 Å². The SMILES string of the molecule is CN=C(NCCc1cnn(C)c1)NCC1(c2ccccc2)CCCC1.I. The summed E-state index contributed by atoms with van der Waals surface area (Å²) in [6, 6.07) is 10.9. The van der Waals surface area contributed by atoms with Crippen molar-refractivity contribution in [3.8, 4) is 0 Å². The van der Waals surface area contributed by atoms with E-state index in [0.29, 0.717) is 0 Å². The number of benzene rings is 1. The third kappa shape index (κ3) is 5.22. The van der Waals surface area contributed by atoms with Crippen molar-refractivity contribution in [1.82, 2.24) is 20.4 Å². The highest BCUT2D eigenvalue weighted by atomic mass is 127. The fourth-order valence-corrected chi connectivity index (χ4v) is 3.81. The standard InChI is InChI=1S/C20H29N5.HI/c1-21-19(22-13-10-17-14-24-25(2)15-17)23-16-20(11-6-7-12-20)18-8-4-3-5-9-18;/h3-5,8-9,14-15H,6-7,10-13,16H2,1-2H3,(H2,21,22,23);1H. The summed E-state index contributed by atoms with van der Waals surface area (Å²) < 4.78 is 1.84. The second-order valence-corrected chi connectivity index (χ2v) is 6.98. The molecule has 0 atom stereocenters. The average Bonchev–Trinajstić information content (AvgIpc) is 3.28. The largest absolute Gasteiger partial charge is 0.356 e. The number of hydrogen-bond acceptors (Lipinski definition) is 2. The average molecular weight is 467 g/mol. The van der Waals surface area contributed by atoms with Crippen LogP contribution >= 0.6 is 24.0 Å². The number of rotatable bonds is 6. The van der Waals surface area contributed by atoms with Gasteiger partial charge in [-0.1, -0.05) is 43.2 Å². The molecule has 1 aliphatic rings. The molecule has 0 radical (unpaired) electrons. The molecule has 1 aromatic carbocycles. The van der Waals surface area contributed by atoms with E-state index in [9.17, 15) is 0 Å². The maximum absolute atomic E-state index is 4.38. The molecule has 0 unspecified atom stereocenters. The van der Waals surface area contributed by atoms with E-state index < -0.39 is 0 Å². The number of hydrogen-bond donors (Lipinski definition) is 2. The van der Waals surface area contributed by atoms with E-state index in [1.165, 1.54) is 36.8 Å². The van der Waals surface area contributed by atoms with E-state index in [4.69, 9.17) is 0 Å². The van der Waals surface area contributed by atoms with Gasteiger partial charge in [0, 0.05) is 38.8 Å². The molecule has 2 aromatic rings. The number of nitrogens with one attached hydrogen (secondary N) is 2. The zero-order chi connectivity index (χ0) is 17.5. The molecule has 2 N–H and O–H groups in total. The summed E-state index contributed by atoms with van der Waals surface area (Å²) >= 11 is 0. The van der Waals surface area contributed by atoms with Crippen molar-refractivity contribution < 1.29 is 0 Å². The summed E-state index contributed by atoms with van der Waals surface area (Å²) in [6.45, 7) is 1.79. The Morgan fingerprint density at radius 3 is 2.54 bits per heavy atom. The Balaban J connectivity index is 0.00000243. The third-order valence-electron chi connectivity index (χ3n) is 5.23. The molecule has 1 fully saturated rings. The molecule has 0 saturated heterocycles. The van der Waals surface area contributed by atoms with Crippen LogP contribution in [0.2, 0.25) is 0 Å². The summed E-state index contributed by atoms with van der Waals surface area (Å²) in [4.78, 5) is 4.38. The van der Waals surface area contributed by atoms with Crippen LogP contribution in [0, 0.1) is 0 Å². The molecule has 5 nitrogen and oxygen atoms in total. The smallest absolute Gasteiger partial charge is 0.191 e. The third-order valence-corrected chi connectivity index (χ3v) is 5.23. The zero-order valence-electron chi connectivity index (χ0n) is 15.7. The molecule has 0 spiro atoms. The van der Waals surface area contributed by atoms with Crippen molar-refractivity contribution in [3.63, 3.8) is 0 Å². The quantitative estimate of drug-likeness (QED) is 0.390. The monoisotopic (exact) mass is 467 g/mol. The first-order valence-electron chi connectivity index (χ1n) is 9.19. The van der Waals surface area contributed by atoms with Crippen molar-refractivity contribution in [2.45, 2.75) is 37.5 Å². The van der Waals surface area contributed by atoms with Crippen LogP contribution < -0.4 is 10.6 Å². The molecular weight excluding hydrogens is 437 g/mol. The molecule has 1 aliphatic carbocycles. The van der Waals surface area contributed by atoms with E-state index in [0.717, 1.165) is 25.5 Å². The molecule has 1 saturated carbocycles. The first kappa shape index (κ1) is 20.7. The lowest BCUT2D eigenvalue weighted by Gasteiger charge is -2.30. The van der Waals surface area contributed by atoms with Crippen molar-refractivity contribution in [2.75, 3.05) is 20.1 Å². The molecule has 0 amide bonds. The Hall–Kier alpha value is -1.57. The van der Waals surface area contributed by atoms with Crippen molar-refractivity contribution >= 4 is 29.9 Å². The van der Waals surface area contributed by atoms with E-state index in [1.54, 1.807) is 0 Å². The summed E-state index contributed by atoms with van der Waals surface area (Å²) in [5.74, 6) is 0.881. The van der Waals surface area contributed by atoms with E-state index in [2.05, 4.69) is 57.3 Å². The Morgan fingerprint density at radius 2 is 1.92 bits per heavy atom. The van der Waals surface area contributed by atoms with E-state index in [1.807, 2.05) is 25.0 Å². The van der Waals surface area contributed by atoms with Crippen molar-refractivity contribution in [1.29, 1.82) is 0 Å². The highest BCUT2D eigenvalue weighted by molar-refractivity contribution is 14.0. The first-order chi connectivity index (χ1) is 12.2. The number of halogens is 1. The molecule has 142 valence electrons. The van der Waals surface area contributed by atoms with Crippen LogP contribution in [0.25, 0.3) is 0 Å². The van der Waals surface area contributed by atoms with Crippen LogP contribution in [0.4, 0.5) is 0 Å². The van der Waals surface area contributed by atoms with Gasteiger partial charge in [0.15, 0.2) is 5.96 Å². The van der Waals surface area contributed by atoms with Gasteiger partial charge >= 0.3 is 0 Å². The van der Waals surface area contributed by atoms with Gasteiger partial charge in [-0.15, -0.1) is 24.0 Å². The minimum absolute atomic E-state index is 0. The summed E-state index contributed by atoms with van der Waals surface area (Å²) in [5.41, 5.74) is 2.93. The molecule has 0 bridgehead atoms. The molecular formula is C20H30IN5. The van der Waals surface area contributed by atoms with Crippen molar-refractivity contribution in [2.24, 2.45) is 12.0 Å². The lowest BCUT2D eigenvalue weighted by molar-refractivity contribution is 0.432. The normalized spacial score (nSPS) is 16.2. The fourth-order valence-electron chi connectivity index (χ4n) is 3.81. The van der Waals surface area contributed by atoms with Gasteiger partial charge in [-0.3, -0.25) is 9.67 Å². The van der Waals surface area contributed by atoms with E-state index in [-0.39, 0.29) is 29.4 Å². The number of guanidine groups is 1. The van der Waals surface area contributed by atoms with Crippen LogP contribution in [-0.2, 0) is 18.9 Å². The van der Waals surface area contributed by atoms with Gasteiger partial charge in [0.05, 0.1) is 6.20 Å². The van der Waals surface area contributed by atoms with Gasteiger partial charge in [0.25, 0.3) is 0 Å². The number of aryl methyl sites for hydroxylation is 1. The Kier molecular flexibility index (Phi) is 7.93. The maximum Gasteiger partial charge on any atom is 0.191 e. The van der Waals surface area contributed by atoms with Crippen LogP contribution in [0.5, 0.6) is 0 Å². The molecule has 26 heavy (non-hydrogen) atoms. The van der Waals surface area contributed by atoms with Crippen molar-refractivity contribution in [3.05, 3.63) is 53.9 Å². The van der Waals surface area contributed by atoms with Gasteiger partial charge in [0.2, 0.25) is 0 Å². The van der Waals surface area contributed by atoms with Gasteiger partial charge < -0.3 is 10.6 Å². The highest BCUT2D eigenvalue weighted by Crippen LogP contribution is 2.40. The van der Waals surface area contributed by atoms with Crippen LogP contribution in [0.1, 0.15) is 36.8 Å². The molecule has 0 aliphatic heterocycles. The van der Waals surface area contributed by atoms with Crippen LogP contribution in [0.15, 0.2) is 47.7 Å². The van der Waals surface area contributed by atoms with Gasteiger partial charge in [-0.2, -0.15) is 5.10 Å². The minimum Gasteiger partial charge on any atom is -0.356 e. The Labute approximate surface area is 173 Å². The molecule has 1 heterocycles. The number of nitrogens with zero attached hydrogens (tertiary/aromatic N) is 3. The van der Waals surface area contributed by atoms with Gasteiger partial charge in [-0.25, -0.2) is 0 Å². The Morgan fingerprint density at radius 1 is 1.19 bits per heavy atom. The topological polar surface area (TPSA) is 54.2 Å². The molecule has 3 rings (SSSR count). The van der Waals surface area contributed by atoms with Gasteiger partial charge in [0.1, 0.15) is 0 Å². The fraction of sp³-hybridized carbons (Fsp3) is 0.500. The molecule has 1 aromatic heterocycles. The van der Waals surface area contributed by atoms with Crippen LogP contribution in [-0.4, -0.2) is 35.9 Å². The predicted octanol–water partition coefficient (Wildman–Crippen LogP) is 3.26. The Bertz CT molecular complexity index is 689.